The summed E-state index contributed by atoms with van der Waals surface area (Å²) in [5, 5.41) is 46.0. The summed E-state index contributed by atoms with van der Waals surface area (Å²) in [4.78, 5) is 91.5. The molecule has 1 aromatic rings. The van der Waals surface area contributed by atoms with E-state index in [2.05, 4.69) is 20.6 Å². The standard InChI is InChI=1S/C23H35N7O11S/c1-10(31)18(22(39)28-14(6-16(32)33)20(37)29-15(23(40)41)7-17(34)35)30-21(38)13(5-11-8-25-9-26-11)27-19(36)12(24)3-4-42-2/h8-10,12-15,18,31H,3-7,24H2,1-2H3,(H,25,26)(H,27,36)(H,28,39)(H,29,37)(H,30,38)(H,32,33)(H,34,35)(H,40,41)/t10-,12+,13+,14+,15+,18+/m1/s1. The van der Waals surface area contributed by atoms with Crippen LogP contribution in [0.4, 0.5) is 0 Å². The number of aliphatic hydroxyl groups is 1. The third kappa shape index (κ3) is 12.5. The number of aromatic amines is 1. The molecule has 0 aliphatic rings. The number of carboxylic acids is 3. The van der Waals surface area contributed by atoms with Crippen molar-refractivity contribution < 1.29 is 54.0 Å². The number of hydrogen-bond donors (Lipinski definition) is 10. The number of aromatic nitrogens is 2. The molecule has 4 amide bonds. The number of rotatable bonds is 19. The Morgan fingerprint density at radius 2 is 1.43 bits per heavy atom. The lowest BCUT2D eigenvalue weighted by atomic mass is 10.1. The number of H-pyrrole nitrogens is 1. The molecule has 0 saturated heterocycles. The van der Waals surface area contributed by atoms with E-state index in [1.54, 1.807) is 0 Å². The van der Waals surface area contributed by atoms with Gasteiger partial charge in [-0.1, -0.05) is 0 Å². The molecule has 42 heavy (non-hydrogen) atoms. The van der Waals surface area contributed by atoms with Crippen LogP contribution < -0.4 is 27.0 Å². The summed E-state index contributed by atoms with van der Waals surface area (Å²) in [6.07, 6.45) is 1.05. The van der Waals surface area contributed by atoms with Crippen LogP contribution in [0.15, 0.2) is 12.5 Å². The van der Waals surface area contributed by atoms with Gasteiger partial charge in [-0.2, -0.15) is 11.8 Å². The lowest BCUT2D eigenvalue weighted by Crippen LogP contribution is -2.61. The fourth-order valence-electron chi connectivity index (χ4n) is 3.43. The number of nitrogens with zero attached hydrogens (tertiary/aromatic N) is 1. The van der Waals surface area contributed by atoms with Gasteiger partial charge in [-0.3, -0.25) is 28.8 Å². The number of aliphatic carboxylic acids is 3. The molecule has 0 bridgehead atoms. The van der Waals surface area contributed by atoms with E-state index in [0.717, 1.165) is 6.92 Å². The van der Waals surface area contributed by atoms with Gasteiger partial charge in [0.25, 0.3) is 0 Å². The summed E-state index contributed by atoms with van der Waals surface area (Å²) in [6.45, 7) is 1.12. The van der Waals surface area contributed by atoms with Crippen LogP contribution in [0.25, 0.3) is 0 Å². The molecule has 18 nitrogen and oxygen atoms in total. The molecule has 0 saturated carbocycles. The molecule has 0 radical (unpaired) electrons. The van der Waals surface area contributed by atoms with Crippen LogP contribution >= 0.6 is 11.8 Å². The van der Waals surface area contributed by atoms with Crippen molar-refractivity contribution in [2.45, 2.75) is 68.9 Å². The van der Waals surface area contributed by atoms with Crippen LogP contribution in [-0.4, -0.2) is 120 Å². The summed E-state index contributed by atoms with van der Waals surface area (Å²) in [7, 11) is 0. The van der Waals surface area contributed by atoms with Crippen LogP contribution in [0.3, 0.4) is 0 Å². The molecular formula is C23H35N7O11S. The molecule has 0 aromatic carbocycles. The second kappa shape index (κ2) is 17.6. The average Bonchev–Trinajstić information content (AvgIpc) is 3.41. The highest BCUT2D eigenvalue weighted by atomic mass is 32.2. The van der Waals surface area contributed by atoms with E-state index in [1.165, 1.54) is 24.3 Å². The summed E-state index contributed by atoms with van der Waals surface area (Å²) in [5.41, 5.74) is 6.32. The minimum Gasteiger partial charge on any atom is -0.481 e. The van der Waals surface area contributed by atoms with E-state index in [4.69, 9.17) is 15.9 Å². The number of thioether (sulfide) groups is 1. The number of carboxylic acid groups (broad SMARTS) is 3. The van der Waals surface area contributed by atoms with E-state index in [0.29, 0.717) is 17.9 Å². The second-order valence-electron chi connectivity index (χ2n) is 9.11. The quantitative estimate of drug-likeness (QED) is 0.0717. The second-order valence-corrected chi connectivity index (χ2v) is 10.1. The Morgan fingerprint density at radius 3 is 1.93 bits per heavy atom. The van der Waals surface area contributed by atoms with E-state index < -0.39 is 90.7 Å². The first-order valence-electron chi connectivity index (χ1n) is 12.4. The van der Waals surface area contributed by atoms with E-state index in [-0.39, 0.29) is 6.42 Å². The first-order chi connectivity index (χ1) is 19.7. The number of hydrogen-bond acceptors (Lipinski definition) is 11. The molecule has 0 spiro atoms. The zero-order valence-corrected chi connectivity index (χ0v) is 23.6. The topological polar surface area (TPSA) is 303 Å². The summed E-state index contributed by atoms with van der Waals surface area (Å²) < 4.78 is 0. The summed E-state index contributed by atoms with van der Waals surface area (Å²) in [6, 6.07) is -7.89. The highest BCUT2D eigenvalue weighted by Gasteiger charge is 2.35. The number of carbonyl (C=O) groups is 7. The molecule has 1 rings (SSSR count). The van der Waals surface area contributed by atoms with Gasteiger partial charge in [-0.05, 0) is 25.4 Å². The number of nitrogens with two attached hydrogens (primary N) is 1. The Bertz CT molecular complexity index is 1120. The summed E-state index contributed by atoms with van der Waals surface area (Å²) in [5.74, 6) is -8.47. The van der Waals surface area contributed by atoms with Crippen molar-refractivity contribution in [3.63, 3.8) is 0 Å². The van der Waals surface area contributed by atoms with Crippen LogP contribution in [0.1, 0.15) is 31.9 Å². The van der Waals surface area contributed by atoms with Gasteiger partial charge in [0.2, 0.25) is 23.6 Å². The van der Waals surface area contributed by atoms with Crippen LogP contribution in [-0.2, 0) is 40.0 Å². The largest absolute Gasteiger partial charge is 0.481 e. The maximum Gasteiger partial charge on any atom is 0.326 e. The SMILES string of the molecule is CSCC[C@H](N)C(=O)N[C@@H](Cc1cnc[nH]1)C(=O)N[C@H](C(=O)N[C@@H](CC(=O)O)C(=O)N[C@@H](CC(=O)O)C(=O)O)[C@@H](C)O. The first-order valence-corrected chi connectivity index (χ1v) is 13.8. The van der Waals surface area contributed by atoms with E-state index >= 15 is 0 Å². The minimum absolute atomic E-state index is 0.120. The summed E-state index contributed by atoms with van der Waals surface area (Å²) >= 11 is 1.46. The molecule has 11 N–H and O–H groups in total. The zero-order chi connectivity index (χ0) is 32.0. The van der Waals surface area contributed by atoms with Crippen molar-refractivity contribution in [1.29, 1.82) is 0 Å². The molecule has 1 aromatic heterocycles. The third-order valence-electron chi connectivity index (χ3n) is 5.65. The number of aliphatic hydroxyl groups excluding tert-OH is 1. The van der Waals surface area contributed by atoms with Crippen molar-refractivity contribution in [2.75, 3.05) is 12.0 Å². The Balaban J connectivity index is 3.12. The highest BCUT2D eigenvalue weighted by Crippen LogP contribution is 2.06. The van der Waals surface area contributed by atoms with E-state index in [9.17, 15) is 43.8 Å². The van der Waals surface area contributed by atoms with Gasteiger partial charge in [0, 0.05) is 18.3 Å². The van der Waals surface area contributed by atoms with Crippen molar-refractivity contribution in [2.24, 2.45) is 5.73 Å². The molecule has 0 aliphatic carbocycles. The Kier molecular flexibility index (Phi) is 15.0. The van der Waals surface area contributed by atoms with Crippen LogP contribution in [0.5, 0.6) is 0 Å². The number of amides is 4. The van der Waals surface area contributed by atoms with Gasteiger partial charge < -0.3 is 52.4 Å². The molecule has 0 unspecified atom stereocenters. The predicted octanol–water partition coefficient (Wildman–Crippen LogP) is -3.61. The lowest BCUT2D eigenvalue weighted by molar-refractivity contribution is -0.148. The number of nitrogens with one attached hydrogen (secondary N) is 5. The van der Waals surface area contributed by atoms with Gasteiger partial charge in [-0.25, -0.2) is 9.78 Å². The van der Waals surface area contributed by atoms with E-state index in [1.807, 2.05) is 16.9 Å². The van der Waals surface area contributed by atoms with Crippen LogP contribution in [0, 0.1) is 0 Å². The van der Waals surface area contributed by atoms with Crippen molar-refractivity contribution >= 4 is 53.3 Å². The normalized spacial score (nSPS) is 15.1. The molecule has 1 heterocycles. The van der Waals surface area contributed by atoms with Crippen molar-refractivity contribution in [1.82, 2.24) is 31.2 Å². The van der Waals surface area contributed by atoms with Gasteiger partial charge >= 0.3 is 17.9 Å². The lowest BCUT2D eigenvalue weighted by Gasteiger charge is -2.27. The van der Waals surface area contributed by atoms with Crippen LogP contribution in [0.2, 0.25) is 0 Å². The molecule has 234 valence electrons. The predicted molar refractivity (Wildman–Crippen MR) is 145 cm³/mol. The fourth-order valence-corrected chi connectivity index (χ4v) is 3.92. The Hall–Kier alpha value is -4.23. The molecular weight excluding hydrogens is 582 g/mol. The third-order valence-corrected chi connectivity index (χ3v) is 6.29. The maximum atomic E-state index is 13.2. The Morgan fingerprint density at radius 1 is 0.881 bits per heavy atom. The minimum atomic E-state index is -1.94. The average molecular weight is 618 g/mol. The number of imidazole rings is 1. The molecule has 6 atom stereocenters. The smallest absolute Gasteiger partial charge is 0.326 e. The molecule has 0 fully saturated rings. The van der Waals surface area contributed by atoms with Gasteiger partial charge in [0.1, 0.15) is 24.2 Å². The van der Waals surface area contributed by atoms with Crippen molar-refractivity contribution in [3.8, 4) is 0 Å². The fraction of sp³-hybridized carbons (Fsp3) is 0.565. The first kappa shape index (κ1) is 35.8. The van der Waals surface area contributed by atoms with Gasteiger partial charge in [0.15, 0.2) is 0 Å². The van der Waals surface area contributed by atoms with Gasteiger partial charge in [0.05, 0.1) is 31.3 Å². The zero-order valence-electron chi connectivity index (χ0n) is 22.7. The maximum absolute atomic E-state index is 13.2. The highest BCUT2D eigenvalue weighted by molar-refractivity contribution is 7.98. The van der Waals surface area contributed by atoms with Gasteiger partial charge in [-0.15, -0.1) is 0 Å². The Labute approximate surface area is 243 Å². The number of carbonyl (C=O) groups excluding carboxylic acids is 4. The van der Waals surface area contributed by atoms with Crippen molar-refractivity contribution in [3.05, 3.63) is 18.2 Å². The monoisotopic (exact) mass is 617 g/mol. The molecule has 0 aliphatic heterocycles. The molecule has 19 heteroatoms.